The van der Waals surface area contributed by atoms with Crippen LogP contribution in [0.2, 0.25) is 0 Å². The lowest BCUT2D eigenvalue weighted by molar-refractivity contribution is -0.131. The Morgan fingerprint density at radius 2 is 2.12 bits per heavy atom. The molecule has 4 heteroatoms. The molecule has 0 saturated carbocycles. The van der Waals surface area contributed by atoms with Gasteiger partial charge in [0.05, 0.1) is 5.76 Å². The topological polar surface area (TPSA) is 66.8 Å². The second-order valence-corrected chi connectivity index (χ2v) is 6.37. The zero-order valence-electron chi connectivity index (χ0n) is 14.7. The van der Waals surface area contributed by atoms with E-state index in [9.17, 15) is 15.0 Å². The monoisotopic (exact) mass is 340 g/mol. The maximum absolute atomic E-state index is 11.3. The van der Waals surface area contributed by atoms with Crippen LogP contribution in [0.5, 0.6) is 5.75 Å². The Bertz CT molecular complexity index is 753. The van der Waals surface area contributed by atoms with Crippen LogP contribution in [0.4, 0.5) is 0 Å². The van der Waals surface area contributed by atoms with E-state index in [1.54, 1.807) is 12.1 Å². The summed E-state index contributed by atoms with van der Waals surface area (Å²) < 4.78 is 5.28. The van der Waals surface area contributed by atoms with Crippen LogP contribution in [0.25, 0.3) is 6.08 Å². The van der Waals surface area contributed by atoms with Gasteiger partial charge in [-0.25, -0.2) is 0 Å². The van der Waals surface area contributed by atoms with Crippen molar-refractivity contribution in [2.24, 2.45) is 5.92 Å². The Kier molecular flexibility index (Phi) is 6.23. The van der Waals surface area contributed by atoms with Crippen LogP contribution in [0, 0.1) is 5.92 Å². The average Bonchev–Trinajstić information content (AvgIpc) is 2.51. The van der Waals surface area contributed by atoms with E-state index in [0.29, 0.717) is 12.2 Å². The first-order chi connectivity index (χ1) is 11.8. The SMILES string of the molecule is C=C(C)CCc1cc(C=CC2C=C(O)C=C(O)C2)ccc1OC(C)=O. The second kappa shape index (κ2) is 8.38. The van der Waals surface area contributed by atoms with E-state index < -0.39 is 0 Å². The summed E-state index contributed by atoms with van der Waals surface area (Å²) in [5.41, 5.74) is 2.99. The molecule has 1 aromatic rings. The molecular formula is C21H24O4. The minimum Gasteiger partial charge on any atom is -0.512 e. The Morgan fingerprint density at radius 3 is 2.76 bits per heavy atom. The summed E-state index contributed by atoms with van der Waals surface area (Å²) in [6, 6.07) is 5.65. The lowest BCUT2D eigenvalue weighted by Crippen LogP contribution is -2.04. The highest BCUT2D eigenvalue weighted by atomic mass is 16.5. The van der Waals surface area contributed by atoms with Crippen molar-refractivity contribution in [3.05, 3.63) is 71.2 Å². The fourth-order valence-electron chi connectivity index (χ4n) is 2.66. The quantitative estimate of drug-likeness (QED) is 0.433. The number of ether oxygens (including phenoxy) is 1. The smallest absolute Gasteiger partial charge is 0.308 e. The number of aliphatic hydroxyl groups is 2. The predicted octanol–water partition coefficient (Wildman–Crippen LogP) is 5.04. The molecule has 0 aromatic heterocycles. The third kappa shape index (κ3) is 5.99. The molecule has 0 heterocycles. The largest absolute Gasteiger partial charge is 0.512 e. The highest BCUT2D eigenvalue weighted by Crippen LogP contribution is 2.26. The molecule has 1 aliphatic rings. The van der Waals surface area contributed by atoms with Gasteiger partial charge in [-0.2, -0.15) is 0 Å². The molecule has 2 rings (SSSR count). The van der Waals surface area contributed by atoms with Crippen LogP contribution in [0.1, 0.15) is 37.8 Å². The Morgan fingerprint density at radius 1 is 1.36 bits per heavy atom. The van der Waals surface area contributed by atoms with Crippen molar-refractivity contribution < 1.29 is 19.7 Å². The highest BCUT2D eigenvalue weighted by Gasteiger charge is 2.12. The van der Waals surface area contributed by atoms with E-state index in [1.165, 1.54) is 13.0 Å². The molecule has 0 fully saturated rings. The van der Waals surface area contributed by atoms with Gasteiger partial charge in [0, 0.05) is 25.3 Å². The number of hydrogen-bond donors (Lipinski definition) is 2. The summed E-state index contributed by atoms with van der Waals surface area (Å²) in [7, 11) is 0. The van der Waals surface area contributed by atoms with Gasteiger partial charge in [-0.15, -0.1) is 6.58 Å². The molecule has 132 valence electrons. The van der Waals surface area contributed by atoms with Gasteiger partial charge in [0.2, 0.25) is 0 Å². The zero-order valence-corrected chi connectivity index (χ0v) is 14.7. The maximum atomic E-state index is 11.3. The summed E-state index contributed by atoms with van der Waals surface area (Å²) >= 11 is 0. The fraction of sp³-hybridized carbons (Fsp3) is 0.286. The molecule has 1 atom stereocenters. The number of carbonyl (C=O) groups is 1. The first-order valence-corrected chi connectivity index (χ1v) is 8.27. The molecule has 1 aliphatic carbocycles. The van der Waals surface area contributed by atoms with Crippen LogP contribution in [0.15, 0.2) is 60.1 Å². The zero-order chi connectivity index (χ0) is 18.4. The Labute approximate surface area is 148 Å². The molecule has 1 unspecified atom stereocenters. The molecule has 0 amide bonds. The molecule has 0 radical (unpaired) electrons. The van der Waals surface area contributed by atoms with Crippen molar-refractivity contribution in [3.8, 4) is 5.75 Å². The average molecular weight is 340 g/mol. The lowest BCUT2D eigenvalue weighted by atomic mass is 9.96. The van der Waals surface area contributed by atoms with Crippen molar-refractivity contribution >= 4 is 12.0 Å². The summed E-state index contributed by atoms with van der Waals surface area (Å²) in [6.07, 6.45) is 8.96. The van der Waals surface area contributed by atoms with Crippen molar-refractivity contribution in [1.29, 1.82) is 0 Å². The molecule has 0 spiro atoms. The van der Waals surface area contributed by atoms with Gasteiger partial charge in [-0.05, 0) is 49.1 Å². The summed E-state index contributed by atoms with van der Waals surface area (Å²) in [5, 5.41) is 19.2. The molecular weight excluding hydrogens is 316 g/mol. The number of hydrogen-bond acceptors (Lipinski definition) is 4. The van der Waals surface area contributed by atoms with Gasteiger partial charge in [0.1, 0.15) is 11.5 Å². The Hall–Kier alpha value is -2.75. The maximum Gasteiger partial charge on any atom is 0.308 e. The number of rotatable bonds is 6. The van der Waals surface area contributed by atoms with E-state index in [0.717, 1.165) is 29.5 Å². The second-order valence-electron chi connectivity index (χ2n) is 6.37. The van der Waals surface area contributed by atoms with Crippen molar-refractivity contribution in [3.63, 3.8) is 0 Å². The van der Waals surface area contributed by atoms with Crippen molar-refractivity contribution in [2.75, 3.05) is 0 Å². The number of esters is 1. The lowest BCUT2D eigenvalue weighted by Gasteiger charge is -2.13. The minimum absolute atomic E-state index is 0.0583. The van der Waals surface area contributed by atoms with Crippen LogP contribution in [-0.4, -0.2) is 16.2 Å². The van der Waals surface area contributed by atoms with E-state index >= 15 is 0 Å². The van der Waals surface area contributed by atoms with Crippen LogP contribution in [0.3, 0.4) is 0 Å². The third-order valence-corrected chi connectivity index (χ3v) is 3.84. The van der Waals surface area contributed by atoms with E-state index in [-0.39, 0.29) is 23.4 Å². The van der Waals surface area contributed by atoms with E-state index in [4.69, 9.17) is 4.74 Å². The number of aliphatic hydroxyl groups excluding tert-OH is 2. The molecule has 0 bridgehead atoms. The molecule has 0 saturated heterocycles. The van der Waals surface area contributed by atoms with Gasteiger partial charge in [0.15, 0.2) is 0 Å². The number of carbonyl (C=O) groups excluding carboxylic acids is 1. The van der Waals surface area contributed by atoms with Crippen LogP contribution in [-0.2, 0) is 11.2 Å². The third-order valence-electron chi connectivity index (χ3n) is 3.84. The fourth-order valence-corrected chi connectivity index (χ4v) is 2.66. The standard InChI is InChI=1S/C21H24O4/c1-14(2)4-8-18-10-16(7-9-21(18)25-15(3)22)5-6-17-11-19(23)13-20(24)12-17/h5-7,9-11,13,17,23-24H,1,4,8,12H2,2-3H3. The van der Waals surface area contributed by atoms with Crippen LogP contribution < -0.4 is 4.74 Å². The predicted molar refractivity (Wildman–Crippen MR) is 99.5 cm³/mol. The molecule has 2 N–H and O–H groups in total. The first-order valence-electron chi connectivity index (χ1n) is 8.27. The molecule has 0 aliphatic heterocycles. The first kappa shape index (κ1) is 18.6. The van der Waals surface area contributed by atoms with E-state index in [1.807, 2.05) is 31.2 Å². The van der Waals surface area contributed by atoms with Crippen molar-refractivity contribution in [1.82, 2.24) is 0 Å². The van der Waals surface area contributed by atoms with Gasteiger partial charge in [0.25, 0.3) is 0 Å². The normalized spacial score (nSPS) is 17.1. The number of aryl methyl sites for hydroxylation is 1. The van der Waals surface area contributed by atoms with Crippen LogP contribution >= 0.6 is 0 Å². The van der Waals surface area contributed by atoms with Gasteiger partial charge >= 0.3 is 5.97 Å². The summed E-state index contributed by atoms with van der Waals surface area (Å²) in [5.74, 6) is 0.413. The van der Waals surface area contributed by atoms with E-state index in [2.05, 4.69) is 6.58 Å². The highest BCUT2D eigenvalue weighted by molar-refractivity contribution is 5.70. The van der Waals surface area contributed by atoms with Crippen molar-refractivity contribution in [2.45, 2.75) is 33.1 Å². The molecule has 1 aromatic carbocycles. The number of allylic oxidation sites excluding steroid dienone is 5. The molecule has 4 nitrogen and oxygen atoms in total. The van der Waals surface area contributed by atoms with Gasteiger partial charge < -0.3 is 14.9 Å². The molecule has 25 heavy (non-hydrogen) atoms. The summed E-state index contributed by atoms with van der Waals surface area (Å²) in [4.78, 5) is 11.3. The number of benzene rings is 1. The van der Waals surface area contributed by atoms with Gasteiger partial charge in [-0.3, -0.25) is 4.79 Å². The Balaban J connectivity index is 2.19. The van der Waals surface area contributed by atoms with Gasteiger partial charge in [-0.1, -0.05) is 23.8 Å². The minimum atomic E-state index is -0.343. The summed E-state index contributed by atoms with van der Waals surface area (Å²) in [6.45, 7) is 7.27.